The van der Waals surface area contributed by atoms with Crippen molar-refractivity contribution < 1.29 is 34.2 Å². The molecular formula is H5MoNO4Te. The molecular weight excluding hydrogens is 302 g/mol. The van der Waals surface area contributed by atoms with Crippen molar-refractivity contribution in [2.24, 2.45) is 0 Å². The maximum absolute atomic E-state index is 8.85. The van der Waals surface area contributed by atoms with Crippen LogP contribution < -0.4 is 6.15 Å². The van der Waals surface area contributed by atoms with E-state index < -0.39 is 19.0 Å². The average Bonchev–Trinajstić information content (AvgIpc) is 0.722. The predicted molar refractivity (Wildman–Crippen MR) is 16.6 cm³/mol. The van der Waals surface area contributed by atoms with Gasteiger partial charge in [-0.1, -0.05) is 0 Å². The van der Waals surface area contributed by atoms with Crippen LogP contribution in [0.3, 0.4) is 0 Å². The van der Waals surface area contributed by atoms with Crippen molar-refractivity contribution in [3.63, 3.8) is 0 Å². The van der Waals surface area contributed by atoms with Crippen LogP contribution in [0.15, 0.2) is 0 Å². The minimum atomic E-state index is -5.52. The fourth-order valence-electron chi connectivity index (χ4n) is 0. The molecule has 7 heteroatoms. The minimum Gasteiger partial charge on any atom is 0 e. The van der Waals surface area contributed by atoms with Crippen LogP contribution in [-0.2, 0) is 27.3 Å². The van der Waals surface area contributed by atoms with E-state index in [2.05, 4.69) is 0 Å². The molecule has 7 heavy (non-hydrogen) atoms. The molecule has 0 amide bonds. The van der Waals surface area contributed by atoms with Crippen LogP contribution in [0.5, 0.6) is 0 Å². The third-order valence-corrected chi connectivity index (χ3v) is 0. The zero-order valence-electron chi connectivity index (χ0n) is 3.23. The Kier molecular flexibility index (Phi) is 11.4. The molecule has 0 radical (unpaired) electrons. The number of rotatable bonds is 0. The predicted octanol–water partition coefficient (Wildman–Crippen LogP) is -1.57. The molecule has 0 aliphatic carbocycles. The molecule has 0 aromatic carbocycles. The van der Waals surface area contributed by atoms with Crippen LogP contribution in [-0.4, -0.2) is 25.9 Å². The van der Waals surface area contributed by atoms with E-state index in [9.17, 15) is 0 Å². The van der Waals surface area contributed by atoms with Gasteiger partial charge in [-0.15, -0.1) is 0 Å². The molecule has 0 rings (SSSR count). The summed E-state index contributed by atoms with van der Waals surface area (Å²) in [6, 6.07) is 0. The summed E-state index contributed by atoms with van der Waals surface area (Å²) in [7, 11) is 0. The van der Waals surface area contributed by atoms with Gasteiger partial charge < -0.3 is 6.15 Å². The van der Waals surface area contributed by atoms with Crippen molar-refractivity contribution in [3.8, 4) is 0 Å². The van der Waals surface area contributed by atoms with Gasteiger partial charge in [-0.25, -0.2) is 0 Å². The normalized spacial score (nSPS) is 8.29. The van der Waals surface area contributed by atoms with Gasteiger partial charge >= 0.3 is 32.1 Å². The molecule has 0 aliphatic heterocycles. The summed E-state index contributed by atoms with van der Waals surface area (Å²) in [6.07, 6.45) is 0. The van der Waals surface area contributed by atoms with Crippen molar-refractivity contribution in [2.45, 2.75) is 0 Å². The molecule has 0 saturated heterocycles. The van der Waals surface area contributed by atoms with Crippen molar-refractivity contribution in [1.82, 2.24) is 6.15 Å². The average molecular weight is 307 g/mol. The van der Waals surface area contributed by atoms with E-state index in [-0.39, 0.29) is 27.2 Å². The molecule has 0 bridgehead atoms. The minimum absolute atomic E-state index is 0. The van der Waals surface area contributed by atoms with Crippen LogP contribution >= 0.6 is 0 Å². The molecule has 0 atom stereocenters. The molecule has 0 unspecified atom stereocenters. The molecule has 0 heterocycles. The van der Waals surface area contributed by atoms with Crippen LogP contribution in [0.1, 0.15) is 0 Å². The Bertz CT molecular complexity index is 94.9. The first-order valence-electron chi connectivity index (χ1n) is 0.698. The molecule has 0 aliphatic rings. The summed E-state index contributed by atoms with van der Waals surface area (Å²) in [4.78, 5) is 0. The summed E-state index contributed by atoms with van der Waals surface area (Å²) < 4.78 is 32.0. The Labute approximate surface area is 59.2 Å². The monoisotopic (exact) mass is 311 g/mol. The van der Waals surface area contributed by atoms with Gasteiger partial charge in [-0.05, 0) is 0 Å². The standard InChI is InChI=1S/Mo.H3N.H2O4Te/c;;1-5(2,3)4/h;1H3;(H2,1,2,3,4). The van der Waals surface area contributed by atoms with Gasteiger partial charge in [0.1, 0.15) is 0 Å². The number of hydrogen-bond acceptors (Lipinski definition) is 3. The number of hydrogen-bond donors (Lipinski definition) is 3. The van der Waals surface area contributed by atoms with Gasteiger partial charge in [0.2, 0.25) is 0 Å². The van der Waals surface area contributed by atoms with Gasteiger partial charge in [-0.2, -0.15) is 0 Å². The SMILES string of the molecule is N.O=[Te](=O)(O)O.[Mo]. The van der Waals surface area contributed by atoms with Crippen molar-refractivity contribution in [3.05, 3.63) is 0 Å². The molecule has 0 saturated carbocycles. The van der Waals surface area contributed by atoms with Crippen LogP contribution in [0.2, 0.25) is 0 Å². The summed E-state index contributed by atoms with van der Waals surface area (Å²) in [5.74, 6) is 0. The first-order valence-corrected chi connectivity index (χ1v) is 4.69. The zero-order chi connectivity index (χ0) is 4.50. The molecule has 5 N–H and O–H groups in total. The van der Waals surface area contributed by atoms with Gasteiger partial charge in [0, 0.05) is 21.1 Å². The van der Waals surface area contributed by atoms with Gasteiger partial charge in [0.25, 0.3) is 0 Å². The van der Waals surface area contributed by atoms with Crippen LogP contribution in [0.4, 0.5) is 0 Å². The van der Waals surface area contributed by atoms with Gasteiger partial charge in [0.15, 0.2) is 0 Å². The second-order valence-corrected chi connectivity index (χ2v) is 3.00. The van der Waals surface area contributed by atoms with E-state index in [0.29, 0.717) is 0 Å². The second kappa shape index (κ2) is 5.10. The quantitative estimate of drug-likeness (QED) is 0.468. The Hall–Kier alpha value is 0.958. The molecule has 0 spiro atoms. The molecule has 46 valence electrons. The summed E-state index contributed by atoms with van der Waals surface area (Å²) in [5.41, 5.74) is 0. The van der Waals surface area contributed by atoms with E-state index in [4.69, 9.17) is 13.2 Å². The van der Waals surface area contributed by atoms with Crippen molar-refractivity contribution >= 4 is 19.0 Å². The molecule has 5 nitrogen and oxygen atoms in total. The maximum Gasteiger partial charge on any atom is 0 e. The largest absolute Gasteiger partial charge is 0 e. The summed E-state index contributed by atoms with van der Waals surface area (Å²) >= 11 is -5.52. The van der Waals surface area contributed by atoms with E-state index in [1.165, 1.54) is 0 Å². The Morgan fingerprint density at radius 3 is 1.14 bits per heavy atom. The molecule has 0 aromatic heterocycles. The van der Waals surface area contributed by atoms with E-state index >= 15 is 0 Å². The van der Waals surface area contributed by atoms with E-state index in [1.54, 1.807) is 0 Å². The maximum atomic E-state index is 8.85. The smallest absolute Gasteiger partial charge is 0 e. The Morgan fingerprint density at radius 1 is 1.14 bits per heavy atom. The fourth-order valence-corrected chi connectivity index (χ4v) is 0. The van der Waals surface area contributed by atoms with Gasteiger partial charge in [0.05, 0.1) is 0 Å². The third-order valence-electron chi connectivity index (χ3n) is 0. The van der Waals surface area contributed by atoms with Crippen molar-refractivity contribution in [1.29, 1.82) is 0 Å². The zero-order valence-corrected chi connectivity index (χ0v) is 7.57. The van der Waals surface area contributed by atoms with E-state index in [1.807, 2.05) is 0 Å². The summed E-state index contributed by atoms with van der Waals surface area (Å²) in [5, 5.41) is 0. The van der Waals surface area contributed by atoms with E-state index in [0.717, 1.165) is 0 Å². The van der Waals surface area contributed by atoms with Crippen LogP contribution in [0, 0.1) is 0 Å². The molecule has 0 fully saturated rings. The van der Waals surface area contributed by atoms with Gasteiger partial charge in [-0.3, -0.25) is 0 Å². The van der Waals surface area contributed by atoms with Crippen molar-refractivity contribution in [2.75, 3.05) is 0 Å². The summed E-state index contributed by atoms with van der Waals surface area (Å²) in [6.45, 7) is 0. The first-order chi connectivity index (χ1) is 2.00. The topological polar surface area (TPSA) is 110 Å². The van der Waals surface area contributed by atoms with Crippen LogP contribution in [0.25, 0.3) is 0 Å². The first kappa shape index (κ1) is 15.7. The third kappa shape index (κ3) is 186. The Balaban J connectivity index is -0.0000000800. The fraction of sp³-hybridized carbons (Fsp3) is 0. The Morgan fingerprint density at radius 2 is 1.14 bits per heavy atom. The second-order valence-electron chi connectivity index (χ2n) is 0.448. The molecule has 0 aromatic rings.